The molecule has 0 saturated heterocycles. The predicted octanol–water partition coefficient (Wildman–Crippen LogP) is 2.35. The summed E-state index contributed by atoms with van der Waals surface area (Å²) >= 11 is 0. The molecule has 0 aromatic rings. The molecule has 0 aliphatic heterocycles. The molecule has 0 spiro atoms. The molecule has 0 fully saturated rings. The van der Waals surface area contributed by atoms with Crippen molar-refractivity contribution in [3.05, 3.63) is 0 Å². The topological polar surface area (TPSA) is 38.3 Å². The smallest absolute Gasteiger partial charge is 0.323 e. The Morgan fingerprint density at radius 3 is 1.93 bits per heavy atom. The van der Waals surface area contributed by atoms with Gasteiger partial charge in [-0.3, -0.25) is 4.79 Å². The van der Waals surface area contributed by atoms with Crippen molar-refractivity contribution in [2.75, 3.05) is 7.05 Å². The number of hydrogen-bond donors (Lipinski definition) is 1. The van der Waals surface area contributed by atoms with Gasteiger partial charge in [0.25, 0.3) is 0 Å². The fourth-order valence-electron chi connectivity index (χ4n) is 1.29. The summed E-state index contributed by atoms with van der Waals surface area (Å²) in [5.41, 5.74) is -0.297. The summed E-state index contributed by atoms with van der Waals surface area (Å²) in [4.78, 5) is 11.8. The van der Waals surface area contributed by atoms with Crippen LogP contribution in [0.15, 0.2) is 0 Å². The molecule has 3 heteroatoms. The Bertz CT molecular complexity index is 211. The first-order chi connectivity index (χ1) is 6.55. The average Bonchev–Trinajstić information content (AvgIpc) is 1.94. The van der Waals surface area contributed by atoms with Gasteiger partial charge in [0, 0.05) is 0 Å². The van der Waals surface area contributed by atoms with E-state index in [-0.39, 0.29) is 17.4 Å². The quantitative estimate of drug-likeness (QED) is 0.734. The Morgan fingerprint density at radius 1 is 1.20 bits per heavy atom. The number of carbonyl (C=O) groups excluding carboxylic acids is 1. The molecular formula is C12H25NO2. The summed E-state index contributed by atoms with van der Waals surface area (Å²) in [5.74, 6) is -0.167. The van der Waals surface area contributed by atoms with Crippen molar-refractivity contribution in [1.82, 2.24) is 5.32 Å². The van der Waals surface area contributed by atoms with Crippen LogP contribution in [0.5, 0.6) is 0 Å². The van der Waals surface area contributed by atoms with Crippen LogP contribution in [0, 0.1) is 5.41 Å². The minimum atomic E-state index is -0.413. The van der Waals surface area contributed by atoms with E-state index in [0.29, 0.717) is 0 Å². The van der Waals surface area contributed by atoms with E-state index in [4.69, 9.17) is 4.74 Å². The van der Waals surface area contributed by atoms with Gasteiger partial charge in [-0.25, -0.2) is 0 Å². The molecule has 0 heterocycles. The van der Waals surface area contributed by atoms with Gasteiger partial charge in [-0.05, 0) is 39.7 Å². The van der Waals surface area contributed by atoms with Crippen molar-refractivity contribution in [2.24, 2.45) is 5.41 Å². The van der Waals surface area contributed by atoms with E-state index in [2.05, 4.69) is 26.1 Å². The Kier molecular flexibility index (Phi) is 4.78. The van der Waals surface area contributed by atoms with Crippen molar-refractivity contribution in [2.45, 2.75) is 59.6 Å². The van der Waals surface area contributed by atoms with Gasteiger partial charge in [0.1, 0.15) is 11.6 Å². The maximum atomic E-state index is 11.8. The zero-order valence-electron chi connectivity index (χ0n) is 11.1. The van der Waals surface area contributed by atoms with Crippen molar-refractivity contribution >= 4 is 5.97 Å². The molecule has 0 saturated carbocycles. The van der Waals surface area contributed by atoms with E-state index in [1.807, 2.05) is 20.8 Å². The van der Waals surface area contributed by atoms with Gasteiger partial charge in [0.05, 0.1) is 0 Å². The standard InChI is InChI=1S/C12H25NO2/c1-11(2,3)8-9(13-7)10(14)15-12(4,5)6/h9,13H,8H2,1-7H3. The zero-order valence-corrected chi connectivity index (χ0v) is 11.1. The SMILES string of the molecule is CNC(CC(C)(C)C)C(=O)OC(C)(C)C. The van der Waals surface area contributed by atoms with Gasteiger partial charge < -0.3 is 10.1 Å². The lowest BCUT2D eigenvalue weighted by Crippen LogP contribution is -2.41. The highest BCUT2D eigenvalue weighted by atomic mass is 16.6. The van der Waals surface area contributed by atoms with Gasteiger partial charge in [-0.15, -0.1) is 0 Å². The number of hydrogen-bond acceptors (Lipinski definition) is 3. The number of esters is 1. The Morgan fingerprint density at radius 2 is 1.67 bits per heavy atom. The zero-order chi connectivity index (χ0) is 12.3. The first-order valence-corrected chi connectivity index (χ1v) is 5.45. The summed E-state index contributed by atoms with van der Waals surface area (Å²) in [6.45, 7) is 12.0. The van der Waals surface area contributed by atoms with Gasteiger partial charge in [-0.1, -0.05) is 20.8 Å². The first kappa shape index (κ1) is 14.4. The molecule has 0 aliphatic carbocycles. The van der Waals surface area contributed by atoms with Crippen molar-refractivity contribution < 1.29 is 9.53 Å². The molecule has 0 aliphatic rings. The molecule has 0 bridgehead atoms. The van der Waals surface area contributed by atoms with Crippen LogP contribution in [-0.2, 0) is 9.53 Å². The molecule has 0 aromatic heterocycles. The third-order valence-electron chi connectivity index (χ3n) is 1.86. The van der Waals surface area contributed by atoms with Crippen LogP contribution in [0.2, 0.25) is 0 Å². The molecule has 0 radical (unpaired) electrons. The number of ether oxygens (including phenoxy) is 1. The second kappa shape index (κ2) is 4.97. The summed E-state index contributed by atoms with van der Waals surface area (Å²) < 4.78 is 5.34. The highest BCUT2D eigenvalue weighted by molar-refractivity contribution is 5.76. The minimum Gasteiger partial charge on any atom is -0.459 e. The number of likely N-dealkylation sites (N-methyl/N-ethyl adjacent to an activating group) is 1. The summed E-state index contributed by atoms with van der Waals surface area (Å²) in [6.07, 6.45) is 0.776. The third-order valence-corrected chi connectivity index (χ3v) is 1.86. The Labute approximate surface area is 93.6 Å². The van der Waals surface area contributed by atoms with Crippen LogP contribution in [0.3, 0.4) is 0 Å². The maximum absolute atomic E-state index is 11.8. The Hall–Kier alpha value is -0.570. The van der Waals surface area contributed by atoms with Gasteiger partial charge in [0.2, 0.25) is 0 Å². The highest BCUT2D eigenvalue weighted by Gasteiger charge is 2.27. The van der Waals surface area contributed by atoms with Gasteiger partial charge in [0.15, 0.2) is 0 Å². The molecule has 1 unspecified atom stereocenters. The van der Waals surface area contributed by atoms with Crippen LogP contribution in [0.1, 0.15) is 48.0 Å². The predicted molar refractivity (Wildman–Crippen MR) is 62.8 cm³/mol. The van der Waals surface area contributed by atoms with Crippen LogP contribution in [-0.4, -0.2) is 24.7 Å². The number of nitrogens with one attached hydrogen (secondary N) is 1. The van der Waals surface area contributed by atoms with E-state index < -0.39 is 5.60 Å². The van der Waals surface area contributed by atoms with E-state index in [1.165, 1.54) is 0 Å². The first-order valence-electron chi connectivity index (χ1n) is 5.45. The van der Waals surface area contributed by atoms with E-state index in [1.54, 1.807) is 7.05 Å². The fourth-order valence-corrected chi connectivity index (χ4v) is 1.29. The number of rotatable bonds is 3. The van der Waals surface area contributed by atoms with Crippen LogP contribution < -0.4 is 5.32 Å². The lowest BCUT2D eigenvalue weighted by Gasteiger charge is -2.27. The molecule has 90 valence electrons. The van der Waals surface area contributed by atoms with Gasteiger partial charge >= 0.3 is 5.97 Å². The summed E-state index contributed by atoms with van der Waals surface area (Å²) in [5, 5.41) is 3.01. The molecule has 1 atom stereocenters. The molecule has 0 aromatic carbocycles. The van der Waals surface area contributed by atoms with Crippen molar-refractivity contribution in [3.63, 3.8) is 0 Å². The molecule has 15 heavy (non-hydrogen) atoms. The summed E-state index contributed by atoms with van der Waals surface area (Å²) in [7, 11) is 1.79. The second-order valence-corrected chi connectivity index (χ2v) is 6.14. The molecule has 0 rings (SSSR count). The molecule has 3 nitrogen and oxygen atoms in total. The van der Waals surface area contributed by atoms with Crippen molar-refractivity contribution in [1.29, 1.82) is 0 Å². The Balaban J connectivity index is 4.36. The summed E-state index contributed by atoms with van der Waals surface area (Å²) in [6, 6.07) is -0.218. The van der Waals surface area contributed by atoms with Crippen molar-refractivity contribution in [3.8, 4) is 0 Å². The molecule has 1 N–H and O–H groups in total. The molecule has 0 amide bonds. The monoisotopic (exact) mass is 215 g/mol. The van der Waals surface area contributed by atoms with E-state index in [0.717, 1.165) is 6.42 Å². The van der Waals surface area contributed by atoms with Crippen LogP contribution in [0.25, 0.3) is 0 Å². The normalized spacial score (nSPS) is 14.9. The highest BCUT2D eigenvalue weighted by Crippen LogP contribution is 2.22. The van der Waals surface area contributed by atoms with Gasteiger partial charge in [-0.2, -0.15) is 0 Å². The average molecular weight is 215 g/mol. The lowest BCUT2D eigenvalue weighted by molar-refractivity contribution is -0.158. The minimum absolute atomic E-state index is 0.116. The lowest BCUT2D eigenvalue weighted by atomic mass is 9.88. The van der Waals surface area contributed by atoms with E-state index in [9.17, 15) is 4.79 Å². The van der Waals surface area contributed by atoms with Crippen LogP contribution >= 0.6 is 0 Å². The van der Waals surface area contributed by atoms with Crippen LogP contribution in [0.4, 0.5) is 0 Å². The third kappa shape index (κ3) is 7.37. The largest absolute Gasteiger partial charge is 0.459 e. The van der Waals surface area contributed by atoms with E-state index >= 15 is 0 Å². The number of carbonyl (C=O) groups is 1. The molecular weight excluding hydrogens is 190 g/mol. The fraction of sp³-hybridized carbons (Fsp3) is 0.917. The maximum Gasteiger partial charge on any atom is 0.323 e. The second-order valence-electron chi connectivity index (χ2n) is 6.14.